The highest BCUT2D eigenvalue weighted by molar-refractivity contribution is 5.59. The van der Waals surface area contributed by atoms with Crippen LogP contribution in [-0.4, -0.2) is 36.1 Å². The molecule has 1 aromatic heterocycles. The Morgan fingerprint density at radius 1 is 1.27 bits per heavy atom. The molecule has 1 aliphatic heterocycles. The van der Waals surface area contributed by atoms with Gasteiger partial charge in [-0.25, -0.2) is 9.97 Å². The molecule has 136 valence electrons. The second-order valence-corrected chi connectivity index (χ2v) is 6.36. The summed E-state index contributed by atoms with van der Waals surface area (Å²) in [6, 6.07) is 7.40. The van der Waals surface area contributed by atoms with E-state index in [2.05, 4.69) is 9.97 Å². The first kappa shape index (κ1) is 18.0. The normalized spacial score (nSPS) is 17.2. The Balaban J connectivity index is 1.84. The number of anilines is 2. The average Bonchev–Trinajstić information content (AvgIpc) is 3.09. The highest BCUT2D eigenvalue weighted by Gasteiger charge is 2.37. The third kappa shape index (κ3) is 3.57. The molecule has 0 saturated carbocycles. The van der Waals surface area contributed by atoms with E-state index in [1.54, 1.807) is 11.0 Å². The first-order chi connectivity index (χ1) is 12.3. The summed E-state index contributed by atoms with van der Waals surface area (Å²) < 4.78 is 40.3. The number of nitriles is 1. The molecule has 1 unspecified atom stereocenters. The molecule has 1 aliphatic rings. The number of nitrogens with zero attached hydrogens (tertiary/aromatic N) is 5. The van der Waals surface area contributed by atoms with Crippen molar-refractivity contribution >= 4 is 11.5 Å². The smallest absolute Gasteiger partial charge is 0.369 e. The molecule has 3 rings (SSSR count). The summed E-state index contributed by atoms with van der Waals surface area (Å²) in [6.07, 6.45) is -2.30. The van der Waals surface area contributed by atoms with Crippen molar-refractivity contribution in [2.75, 3.05) is 29.9 Å². The zero-order valence-electron chi connectivity index (χ0n) is 14.5. The topological polar surface area (TPSA) is 56.0 Å². The molecule has 5 nitrogen and oxygen atoms in total. The molecule has 1 atom stereocenters. The Morgan fingerprint density at radius 3 is 2.69 bits per heavy atom. The largest absolute Gasteiger partial charge is 0.418 e. The lowest BCUT2D eigenvalue weighted by Gasteiger charge is -2.27. The maximum Gasteiger partial charge on any atom is 0.418 e. The van der Waals surface area contributed by atoms with Gasteiger partial charge in [-0.2, -0.15) is 18.4 Å². The van der Waals surface area contributed by atoms with Gasteiger partial charge in [0.05, 0.1) is 17.2 Å². The molecule has 0 radical (unpaired) electrons. The number of alkyl halides is 3. The highest BCUT2D eigenvalue weighted by Crippen LogP contribution is 2.38. The van der Waals surface area contributed by atoms with Crippen LogP contribution in [0.3, 0.4) is 0 Å². The van der Waals surface area contributed by atoms with Gasteiger partial charge in [0.25, 0.3) is 0 Å². The minimum absolute atomic E-state index is 0.00500. The lowest BCUT2D eigenvalue weighted by Crippen LogP contribution is -2.35. The molecule has 8 heteroatoms. The fourth-order valence-corrected chi connectivity index (χ4v) is 3.21. The lowest BCUT2D eigenvalue weighted by atomic mass is 10.1. The van der Waals surface area contributed by atoms with Gasteiger partial charge in [0.1, 0.15) is 12.1 Å². The van der Waals surface area contributed by atoms with E-state index >= 15 is 0 Å². The lowest BCUT2D eigenvalue weighted by molar-refractivity contribution is -0.137. The summed E-state index contributed by atoms with van der Waals surface area (Å²) in [6.45, 7) is 2.83. The fraction of sp³-hybridized carbons (Fsp3) is 0.389. The second kappa shape index (κ2) is 6.83. The van der Waals surface area contributed by atoms with E-state index in [1.165, 1.54) is 18.5 Å². The third-order valence-corrected chi connectivity index (χ3v) is 4.63. The number of benzene rings is 1. The van der Waals surface area contributed by atoms with Gasteiger partial charge in [-0.15, -0.1) is 0 Å². The van der Waals surface area contributed by atoms with Crippen molar-refractivity contribution in [3.63, 3.8) is 0 Å². The van der Waals surface area contributed by atoms with Gasteiger partial charge < -0.3 is 9.80 Å². The van der Waals surface area contributed by atoms with Crippen LogP contribution in [0.1, 0.15) is 23.2 Å². The molecule has 0 N–H and O–H groups in total. The third-order valence-electron chi connectivity index (χ3n) is 4.63. The molecule has 1 fully saturated rings. The van der Waals surface area contributed by atoms with E-state index in [1.807, 2.05) is 24.9 Å². The van der Waals surface area contributed by atoms with Crippen molar-refractivity contribution in [3.8, 4) is 6.07 Å². The standard InChI is InChI=1S/C18H18F3N5/c1-12-7-17(24-11-23-12)25(2)14-5-6-26(10-14)16-4-3-13(9-22)8-15(16)18(19,20)21/h3-4,7-8,11,14H,5-6,10H2,1-2H3. The van der Waals surface area contributed by atoms with E-state index in [0.29, 0.717) is 13.1 Å². The predicted molar refractivity (Wildman–Crippen MR) is 91.9 cm³/mol. The molecular formula is C18H18F3N5. The number of hydrogen-bond acceptors (Lipinski definition) is 5. The monoisotopic (exact) mass is 361 g/mol. The van der Waals surface area contributed by atoms with Crippen LogP contribution in [-0.2, 0) is 6.18 Å². The average molecular weight is 361 g/mol. The molecule has 1 saturated heterocycles. The maximum atomic E-state index is 13.4. The van der Waals surface area contributed by atoms with Crippen molar-refractivity contribution in [2.24, 2.45) is 0 Å². The van der Waals surface area contributed by atoms with E-state index in [4.69, 9.17) is 5.26 Å². The van der Waals surface area contributed by atoms with Crippen LogP contribution in [0.15, 0.2) is 30.6 Å². The summed E-state index contributed by atoms with van der Waals surface area (Å²) in [5.41, 5.74) is 0.192. The van der Waals surface area contributed by atoms with Crippen molar-refractivity contribution in [1.29, 1.82) is 5.26 Å². The Hall–Kier alpha value is -2.82. The maximum absolute atomic E-state index is 13.4. The van der Waals surface area contributed by atoms with Crippen LogP contribution >= 0.6 is 0 Å². The van der Waals surface area contributed by atoms with Crippen molar-refractivity contribution in [2.45, 2.75) is 25.6 Å². The minimum Gasteiger partial charge on any atom is -0.369 e. The summed E-state index contributed by atoms with van der Waals surface area (Å²) in [5.74, 6) is 0.750. The Bertz CT molecular complexity index is 843. The summed E-state index contributed by atoms with van der Waals surface area (Å²) >= 11 is 0. The number of aromatic nitrogens is 2. The molecule has 2 aromatic rings. The number of aryl methyl sites for hydroxylation is 1. The first-order valence-corrected chi connectivity index (χ1v) is 8.17. The Morgan fingerprint density at radius 2 is 2.04 bits per heavy atom. The summed E-state index contributed by atoms with van der Waals surface area (Å²) in [5, 5.41) is 8.90. The van der Waals surface area contributed by atoms with E-state index < -0.39 is 11.7 Å². The van der Waals surface area contributed by atoms with Crippen LogP contribution in [0.5, 0.6) is 0 Å². The molecule has 1 aromatic carbocycles. The molecule has 26 heavy (non-hydrogen) atoms. The molecule has 0 aliphatic carbocycles. The summed E-state index contributed by atoms with van der Waals surface area (Å²) in [4.78, 5) is 12.0. The molecule has 0 bridgehead atoms. The quantitative estimate of drug-likeness (QED) is 0.839. The highest BCUT2D eigenvalue weighted by atomic mass is 19.4. The number of likely N-dealkylation sites (N-methyl/N-ethyl adjacent to an activating group) is 1. The number of hydrogen-bond donors (Lipinski definition) is 0. The minimum atomic E-state index is -4.50. The SMILES string of the molecule is Cc1cc(N(C)C2CCN(c3ccc(C#N)cc3C(F)(F)F)C2)ncn1. The molecule has 2 heterocycles. The fourth-order valence-electron chi connectivity index (χ4n) is 3.21. The number of rotatable bonds is 3. The molecule has 0 spiro atoms. The van der Waals surface area contributed by atoms with Crippen molar-refractivity contribution < 1.29 is 13.2 Å². The van der Waals surface area contributed by atoms with Crippen LogP contribution in [0, 0.1) is 18.3 Å². The van der Waals surface area contributed by atoms with Crippen LogP contribution < -0.4 is 9.80 Å². The van der Waals surface area contributed by atoms with Gasteiger partial charge in [0.2, 0.25) is 0 Å². The molecular weight excluding hydrogens is 343 g/mol. The van der Waals surface area contributed by atoms with Gasteiger partial charge in [0, 0.05) is 43.6 Å². The second-order valence-electron chi connectivity index (χ2n) is 6.36. The van der Waals surface area contributed by atoms with Gasteiger partial charge in [-0.1, -0.05) is 0 Å². The van der Waals surface area contributed by atoms with E-state index in [9.17, 15) is 13.2 Å². The van der Waals surface area contributed by atoms with Gasteiger partial charge in [-0.3, -0.25) is 0 Å². The van der Waals surface area contributed by atoms with Gasteiger partial charge in [0.15, 0.2) is 0 Å². The van der Waals surface area contributed by atoms with Crippen LogP contribution in [0.2, 0.25) is 0 Å². The Labute approximate surface area is 149 Å². The van der Waals surface area contributed by atoms with Crippen molar-refractivity contribution in [3.05, 3.63) is 47.4 Å². The number of halogens is 3. The van der Waals surface area contributed by atoms with Crippen molar-refractivity contribution in [1.82, 2.24) is 9.97 Å². The first-order valence-electron chi connectivity index (χ1n) is 8.17. The van der Waals surface area contributed by atoms with Gasteiger partial charge in [-0.05, 0) is 31.5 Å². The van der Waals surface area contributed by atoms with Crippen LogP contribution in [0.4, 0.5) is 24.7 Å². The van der Waals surface area contributed by atoms with Crippen LogP contribution in [0.25, 0.3) is 0 Å². The summed E-state index contributed by atoms with van der Waals surface area (Å²) in [7, 11) is 1.89. The Kier molecular flexibility index (Phi) is 4.72. The van der Waals surface area contributed by atoms with Gasteiger partial charge >= 0.3 is 6.18 Å². The zero-order chi connectivity index (χ0) is 18.9. The van der Waals surface area contributed by atoms with E-state index in [-0.39, 0.29) is 17.3 Å². The zero-order valence-corrected chi connectivity index (χ0v) is 14.5. The predicted octanol–water partition coefficient (Wildman–Crippen LogP) is 3.39. The van der Waals surface area contributed by atoms with E-state index in [0.717, 1.165) is 24.0 Å². The molecule has 0 amide bonds.